The van der Waals surface area contributed by atoms with E-state index in [9.17, 15) is 9.59 Å². The Morgan fingerprint density at radius 2 is 2.15 bits per heavy atom. The number of likely N-dealkylation sites (tertiary alicyclic amines) is 1. The largest absolute Gasteiger partial charge is 0.337 e. The summed E-state index contributed by atoms with van der Waals surface area (Å²) in [5, 5.41) is 6.98. The third-order valence-corrected chi connectivity index (χ3v) is 7.05. The molecule has 1 aliphatic carbocycles. The van der Waals surface area contributed by atoms with E-state index in [0.29, 0.717) is 10.8 Å². The molecule has 2 amide bonds. The van der Waals surface area contributed by atoms with E-state index >= 15 is 0 Å². The highest BCUT2D eigenvalue weighted by atomic mass is 32.1. The van der Waals surface area contributed by atoms with E-state index in [1.54, 1.807) is 11.3 Å². The third-order valence-electron chi connectivity index (χ3n) is 5.00. The average molecular weight is 390 g/mol. The standard InChI is InChI=1S/C19H23N3O2S2/c1-2-14-11-25-18(20-14)13-4-3-9-22(10-13)19(24)15-7-8-16(26-15)21-17(23)12-5-6-12/h7-8,11-13H,2-6,9-10H2,1H3,(H,21,23). The molecular formula is C19H23N3O2S2. The van der Waals surface area contributed by atoms with Crippen molar-refractivity contribution in [1.29, 1.82) is 0 Å². The number of carbonyl (C=O) groups is 2. The SMILES string of the molecule is CCc1csc(C2CCCN(C(=O)c3ccc(NC(=O)C4CC4)s3)C2)n1. The van der Waals surface area contributed by atoms with E-state index in [-0.39, 0.29) is 17.7 Å². The number of nitrogens with one attached hydrogen (secondary N) is 1. The maximum absolute atomic E-state index is 12.9. The molecule has 2 aliphatic rings. The van der Waals surface area contributed by atoms with Gasteiger partial charge in [0.05, 0.1) is 20.6 Å². The smallest absolute Gasteiger partial charge is 0.264 e. The Labute approximate surface area is 161 Å². The van der Waals surface area contributed by atoms with Gasteiger partial charge >= 0.3 is 0 Å². The molecule has 3 heterocycles. The van der Waals surface area contributed by atoms with Gasteiger partial charge in [0.25, 0.3) is 5.91 Å². The number of thiazole rings is 1. The van der Waals surface area contributed by atoms with Crippen LogP contribution in [0.2, 0.25) is 0 Å². The number of nitrogens with zero attached hydrogens (tertiary/aromatic N) is 2. The zero-order chi connectivity index (χ0) is 18.1. The second kappa shape index (κ2) is 7.48. The Kier molecular flexibility index (Phi) is 5.09. The van der Waals surface area contributed by atoms with E-state index in [1.165, 1.54) is 11.3 Å². The van der Waals surface area contributed by atoms with Crippen LogP contribution in [0.4, 0.5) is 5.00 Å². The molecule has 1 N–H and O–H groups in total. The van der Waals surface area contributed by atoms with Crippen molar-refractivity contribution in [1.82, 2.24) is 9.88 Å². The lowest BCUT2D eigenvalue weighted by molar-refractivity contribution is -0.117. The molecule has 26 heavy (non-hydrogen) atoms. The number of anilines is 1. The van der Waals surface area contributed by atoms with Gasteiger partial charge in [0.1, 0.15) is 0 Å². The number of rotatable bonds is 5. The lowest BCUT2D eigenvalue weighted by Gasteiger charge is -2.31. The fourth-order valence-corrected chi connectivity index (χ4v) is 5.19. The molecule has 1 saturated heterocycles. The molecule has 2 aromatic heterocycles. The van der Waals surface area contributed by atoms with Crippen LogP contribution in [-0.2, 0) is 11.2 Å². The maximum atomic E-state index is 12.9. The van der Waals surface area contributed by atoms with Crippen LogP contribution in [0, 0.1) is 5.92 Å². The highest BCUT2D eigenvalue weighted by Crippen LogP contribution is 2.33. The first-order valence-electron chi connectivity index (χ1n) is 9.28. The number of aryl methyl sites for hydroxylation is 1. The molecule has 0 radical (unpaired) electrons. The molecule has 0 spiro atoms. The first kappa shape index (κ1) is 17.7. The van der Waals surface area contributed by atoms with E-state index in [4.69, 9.17) is 4.98 Å². The second-order valence-corrected chi connectivity index (χ2v) is 9.02. The van der Waals surface area contributed by atoms with Gasteiger partial charge in [0.2, 0.25) is 5.91 Å². The van der Waals surface area contributed by atoms with Crippen LogP contribution in [0.3, 0.4) is 0 Å². The van der Waals surface area contributed by atoms with Crippen molar-refractivity contribution in [2.45, 2.75) is 44.9 Å². The van der Waals surface area contributed by atoms with Crippen LogP contribution in [0.5, 0.6) is 0 Å². The minimum atomic E-state index is 0.0684. The molecule has 5 nitrogen and oxygen atoms in total. The molecule has 7 heteroatoms. The molecule has 2 aromatic rings. The molecule has 1 atom stereocenters. The van der Waals surface area contributed by atoms with Gasteiger partial charge in [-0.1, -0.05) is 6.92 Å². The third kappa shape index (κ3) is 3.83. The van der Waals surface area contributed by atoms with Crippen LogP contribution >= 0.6 is 22.7 Å². The van der Waals surface area contributed by atoms with Crippen molar-refractivity contribution in [2.24, 2.45) is 5.92 Å². The number of piperidine rings is 1. The molecule has 1 saturated carbocycles. The highest BCUT2D eigenvalue weighted by Gasteiger charge is 2.31. The van der Waals surface area contributed by atoms with Crippen LogP contribution in [-0.4, -0.2) is 34.8 Å². The monoisotopic (exact) mass is 389 g/mol. The zero-order valence-corrected chi connectivity index (χ0v) is 16.5. The van der Waals surface area contributed by atoms with Crippen LogP contribution in [0.15, 0.2) is 17.5 Å². The maximum Gasteiger partial charge on any atom is 0.264 e. The summed E-state index contributed by atoms with van der Waals surface area (Å²) in [6, 6.07) is 3.67. The Bertz CT molecular complexity index is 809. The van der Waals surface area contributed by atoms with Gasteiger partial charge < -0.3 is 10.2 Å². The summed E-state index contributed by atoms with van der Waals surface area (Å²) in [5.41, 5.74) is 1.14. The van der Waals surface area contributed by atoms with Crippen LogP contribution < -0.4 is 5.32 Å². The molecule has 138 valence electrons. The Morgan fingerprint density at radius 3 is 2.88 bits per heavy atom. The van der Waals surface area contributed by atoms with Gasteiger partial charge in [-0.2, -0.15) is 0 Å². The van der Waals surface area contributed by atoms with Crippen molar-refractivity contribution in [3.8, 4) is 0 Å². The summed E-state index contributed by atoms with van der Waals surface area (Å²) in [4.78, 5) is 32.1. The van der Waals surface area contributed by atoms with Crippen molar-refractivity contribution in [3.63, 3.8) is 0 Å². The fraction of sp³-hybridized carbons (Fsp3) is 0.526. The van der Waals surface area contributed by atoms with Crippen molar-refractivity contribution in [3.05, 3.63) is 33.1 Å². The molecular weight excluding hydrogens is 366 g/mol. The minimum absolute atomic E-state index is 0.0684. The summed E-state index contributed by atoms with van der Waals surface area (Å²) in [6.07, 6.45) is 5.02. The van der Waals surface area contributed by atoms with Crippen molar-refractivity contribution in [2.75, 3.05) is 18.4 Å². The van der Waals surface area contributed by atoms with E-state index in [0.717, 1.165) is 60.9 Å². The summed E-state index contributed by atoms with van der Waals surface area (Å²) >= 11 is 3.09. The molecule has 0 aromatic carbocycles. The Hall–Kier alpha value is -1.73. The molecule has 4 rings (SSSR count). The number of hydrogen-bond donors (Lipinski definition) is 1. The highest BCUT2D eigenvalue weighted by molar-refractivity contribution is 7.18. The summed E-state index contributed by atoms with van der Waals surface area (Å²) in [6.45, 7) is 3.64. The van der Waals surface area contributed by atoms with Crippen molar-refractivity contribution < 1.29 is 9.59 Å². The van der Waals surface area contributed by atoms with Gasteiger partial charge in [0.15, 0.2) is 0 Å². The zero-order valence-electron chi connectivity index (χ0n) is 14.9. The van der Waals surface area contributed by atoms with E-state index in [1.807, 2.05) is 17.0 Å². The lowest BCUT2D eigenvalue weighted by atomic mass is 9.98. The average Bonchev–Trinajstić information content (AvgIpc) is 3.23. The quantitative estimate of drug-likeness (QED) is 0.836. The number of hydrogen-bond acceptors (Lipinski definition) is 5. The number of carbonyl (C=O) groups excluding carboxylic acids is 2. The van der Waals surface area contributed by atoms with Gasteiger partial charge in [-0.05, 0) is 44.2 Å². The van der Waals surface area contributed by atoms with Gasteiger partial charge in [0, 0.05) is 30.3 Å². The first-order chi connectivity index (χ1) is 12.6. The van der Waals surface area contributed by atoms with Gasteiger partial charge in [-0.3, -0.25) is 9.59 Å². The predicted molar refractivity (Wildman–Crippen MR) is 105 cm³/mol. The van der Waals surface area contributed by atoms with E-state index < -0.39 is 0 Å². The Morgan fingerprint density at radius 1 is 1.31 bits per heavy atom. The molecule has 0 bridgehead atoms. The molecule has 1 aliphatic heterocycles. The lowest BCUT2D eigenvalue weighted by Crippen LogP contribution is -2.38. The minimum Gasteiger partial charge on any atom is -0.337 e. The second-order valence-electron chi connectivity index (χ2n) is 7.05. The fourth-order valence-electron chi connectivity index (χ4n) is 3.28. The normalized spacial score (nSPS) is 20.2. The first-order valence-corrected chi connectivity index (χ1v) is 11.0. The van der Waals surface area contributed by atoms with Gasteiger partial charge in [-0.15, -0.1) is 22.7 Å². The van der Waals surface area contributed by atoms with Crippen LogP contribution in [0.1, 0.15) is 58.9 Å². The number of amides is 2. The van der Waals surface area contributed by atoms with E-state index in [2.05, 4.69) is 17.6 Å². The summed E-state index contributed by atoms with van der Waals surface area (Å²) < 4.78 is 0. The summed E-state index contributed by atoms with van der Waals surface area (Å²) in [7, 11) is 0. The number of thiophene rings is 1. The predicted octanol–water partition coefficient (Wildman–Crippen LogP) is 4.14. The van der Waals surface area contributed by atoms with Gasteiger partial charge in [-0.25, -0.2) is 4.98 Å². The summed E-state index contributed by atoms with van der Waals surface area (Å²) in [5.74, 6) is 0.663. The molecule has 2 fully saturated rings. The molecule has 1 unspecified atom stereocenters. The van der Waals surface area contributed by atoms with Crippen molar-refractivity contribution >= 4 is 39.5 Å². The topological polar surface area (TPSA) is 62.3 Å². The Balaban J connectivity index is 1.40. The van der Waals surface area contributed by atoms with Crippen LogP contribution in [0.25, 0.3) is 0 Å². The number of aromatic nitrogens is 1.